The van der Waals surface area contributed by atoms with E-state index in [-0.39, 0.29) is 6.04 Å². The van der Waals surface area contributed by atoms with Crippen LogP contribution in [-0.2, 0) is 0 Å². The van der Waals surface area contributed by atoms with Crippen LogP contribution in [0.15, 0.2) is 53.0 Å². The smallest absolute Gasteiger partial charge is 0.124 e. The maximum absolute atomic E-state index is 5.44. The molecule has 2 aromatic carbocycles. The van der Waals surface area contributed by atoms with Crippen LogP contribution in [0.3, 0.4) is 0 Å². The standard InChI is InChI=1S/C16H18BrNO/c1-3-15(14-9-4-5-10-16(14)19-2)18-13-8-6-7-12(17)11-13/h4-11,15,18H,3H2,1-2H3. The van der Waals surface area contributed by atoms with Gasteiger partial charge in [-0.25, -0.2) is 0 Å². The molecular formula is C16H18BrNO. The Hall–Kier alpha value is -1.48. The molecule has 0 saturated heterocycles. The summed E-state index contributed by atoms with van der Waals surface area (Å²) in [6, 6.07) is 16.6. The second-order valence-corrected chi connectivity index (χ2v) is 5.27. The van der Waals surface area contributed by atoms with Crippen LogP contribution in [0.5, 0.6) is 5.75 Å². The highest BCUT2D eigenvalue weighted by molar-refractivity contribution is 9.10. The zero-order chi connectivity index (χ0) is 13.7. The van der Waals surface area contributed by atoms with Crippen LogP contribution in [0.25, 0.3) is 0 Å². The summed E-state index contributed by atoms with van der Waals surface area (Å²) >= 11 is 3.49. The van der Waals surface area contributed by atoms with Crippen molar-refractivity contribution in [3.63, 3.8) is 0 Å². The minimum absolute atomic E-state index is 0.241. The molecular weight excluding hydrogens is 302 g/mol. The van der Waals surface area contributed by atoms with Crippen LogP contribution in [0.4, 0.5) is 5.69 Å². The molecule has 2 nitrogen and oxygen atoms in total. The van der Waals surface area contributed by atoms with E-state index in [2.05, 4.69) is 46.4 Å². The van der Waals surface area contributed by atoms with Crippen LogP contribution < -0.4 is 10.1 Å². The number of para-hydroxylation sites is 1. The molecule has 1 atom stereocenters. The summed E-state index contributed by atoms with van der Waals surface area (Å²) in [5, 5.41) is 3.55. The van der Waals surface area contributed by atoms with E-state index in [1.165, 1.54) is 5.56 Å². The lowest BCUT2D eigenvalue weighted by atomic mass is 10.0. The van der Waals surface area contributed by atoms with Crippen molar-refractivity contribution in [3.05, 3.63) is 58.6 Å². The van der Waals surface area contributed by atoms with Crippen molar-refractivity contribution in [1.29, 1.82) is 0 Å². The summed E-state index contributed by atoms with van der Waals surface area (Å²) in [7, 11) is 1.71. The molecule has 0 heterocycles. The molecule has 100 valence electrons. The Morgan fingerprint density at radius 2 is 1.95 bits per heavy atom. The molecule has 19 heavy (non-hydrogen) atoms. The van der Waals surface area contributed by atoms with Crippen LogP contribution in [0.2, 0.25) is 0 Å². The van der Waals surface area contributed by atoms with Gasteiger partial charge in [-0.1, -0.05) is 47.1 Å². The van der Waals surface area contributed by atoms with Gasteiger partial charge in [-0.3, -0.25) is 0 Å². The summed E-state index contributed by atoms with van der Waals surface area (Å²) in [5.41, 5.74) is 2.29. The molecule has 0 fully saturated rings. The molecule has 2 aromatic rings. The predicted octanol–water partition coefficient (Wildman–Crippen LogP) is 5.02. The van der Waals surface area contributed by atoms with Gasteiger partial charge in [0.2, 0.25) is 0 Å². The van der Waals surface area contributed by atoms with Crippen LogP contribution in [-0.4, -0.2) is 7.11 Å². The third-order valence-corrected chi connectivity index (χ3v) is 3.58. The van der Waals surface area contributed by atoms with Gasteiger partial charge in [0.05, 0.1) is 13.2 Å². The van der Waals surface area contributed by atoms with Crippen molar-refractivity contribution in [3.8, 4) is 5.75 Å². The van der Waals surface area contributed by atoms with E-state index < -0.39 is 0 Å². The van der Waals surface area contributed by atoms with Gasteiger partial charge < -0.3 is 10.1 Å². The third kappa shape index (κ3) is 3.51. The number of ether oxygens (including phenoxy) is 1. The average Bonchev–Trinajstić information content (AvgIpc) is 2.45. The summed E-state index contributed by atoms with van der Waals surface area (Å²) in [6.07, 6.45) is 0.993. The molecule has 0 bridgehead atoms. The first-order chi connectivity index (χ1) is 9.24. The third-order valence-electron chi connectivity index (χ3n) is 3.09. The molecule has 0 amide bonds. The largest absolute Gasteiger partial charge is 0.496 e. The first-order valence-electron chi connectivity index (χ1n) is 6.39. The Morgan fingerprint density at radius 3 is 2.63 bits per heavy atom. The second kappa shape index (κ2) is 6.62. The number of anilines is 1. The van der Waals surface area contributed by atoms with E-state index in [1.54, 1.807) is 7.11 Å². The van der Waals surface area contributed by atoms with Crippen molar-refractivity contribution in [1.82, 2.24) is 0 Å². The number of methoxy groups -OCH3 is 1. The quantitative estimate of drug-likeness (QED) is 0.835. The van der Waals surface area contributed by atoms with Crippen molar-refractivity contribution >= 4 is 21.6 Å². The number of rotatable bonds is 5. The fraction of sp³-hybridized carbons (Fsp3) is 0.250. The maximum Gasteiger partial charge on any atom is 0.124 e. The summed E-state index contributed by atoms with van der Waals surface area (Å²) < 4.78 is 6.52. The normalized spacial score (nSPS) is 11.9. The minimum Gasteiger partial charge on any atom is -0.496 e. The van der Waals surface area contributed by atoms with Gasteiger partial charge in [0.25, 0.3) is 0 Å². The Labute approximate surface area is 122 Å². The maximum atomic E-state index is 5.44. The SMILES string of the molecule is CCC(Nc1cccc(Br)c1)c1ccccc1OC. The first kappa shape index (κ1) is 13.9. The van der Waals surface area contributed by atoms with Gasteiger partial charge in [0.1, 0.15) is 5.75 Å². The molecule has 0 aliphatic rings. The van der Waals surface area contributed by atoms with E-state index >= 15 is 0 Å². The zero-order valence-electron chi connectivity index (χ0n) is 11.2. The van der Waals surface area contributed by atoms with Crippen LogP contribution in [0.1, 0.15) is 24.9 Å². The molecule has 1 unspecified atom stereocenters. The Bertz CT molecular complexity index is 542. The van der Waals surface area contributed by atoms with Gasteiger partial charge in [-0.05, 0) is 30.7 Å². The predicted molar refractivity (Wildman–Crippen MR) is 83.8 cm³/mol. The van der Waals surface area contributed by atoms with Gasteiger partial charge in [0.15, 0.2) is 0 Å². The lowest BCUT2D eigenvalue weighted by molar-refractivity contribution is 0.406. The van der Waals surface area contributed by atoms with Crippen LogP contribution >= 0.6 is 15.9 Å². The number of benzene rings is 2. The minimum atomic E-state index is 0.241. The fourth-order valence-electron chi connectivity index (χ4n) is 2.13. The lowest BCUT2D eigenvalue weighted by Crippen LogP contribution is -2.10. The van der Waals surface area contributed by atoms with Crippen LogP contribution in [0, 0.1) is 0 Å². The Kier molecular flexibility index (Phi) is 4.86. The van der Waals surface area contributed by atoms with Gasteiger partial charge >= 0.3 is 0 Å². The average molecular weight is 320 g/mol. The number of halogens is 1. The topological polar surface area (TPSA) is 21.3 Å². The highest BCUT2D eigenvalue weighted by Crippen LogP contribution is 2.30. The second-order valence-electron chi connectivity index (χ2n) is 4.36. The Morgan fingerprint density at radius 1 is 1.16 bits per heavy atom. The first-order valence-corrected chi connectivity index (χ1v) is 7.19. The molecule has 0 aliphatic heterocycles. The monoisotopic (exact) mass is 319 g/mol. The number of hydrogen-bond donors (Lipinski definition) is 1. The lowest BCUT2D eigenvalue weighted by Gasteiger charge is -2.21. The molecule has 0 aromatic heterocycles. The van der Waals surface area contributed by atoms with E-state index in [0.29, 0.717) is 0 Å². The number of nitrogens with one attached hydrogen (secondary N) is 1. The van der Waals surface area contributed by atoms with E-state index in [4.69, 9.17) is 4.74 Å². The molecule has 0 aliphatic carbocycles. The van der Waals surface area contributed by atoms with Crippen molar-refractivity contribution in [2.24, 2.45) is 0 Å². The molecule has 2 rings (SSSR count). The molecule has 3 heteroatoms. The molecule has 0 saturated carbocycles. The molecule has 1 N–H and O–H groups in total. The molecule has 0 spiro atoms. The van der Waals surface area contributed by atoms with Gasteiger partial charge in [0, 0.05) is 15.7 Å². The van der Waals surface area contributed by atoms with Gasteiger partial charge in [-0.15, -0.1) is 0 Å². The van der Waals surface area contributed by atoms with E-state index in [1.807, 2.05) is 30.3 Å². The summed E-state index contributed by atoms with van der Waals surface area (Å²) in [4.78, 5) is 0. The zero-order valence-corrected chi connectivity index (χ0v) is 12.8. The Balaban J connectivity index is 2.25. The summed E-state index contributed by atoms with van der Waals surface area (Å²) in [6.45, 7) is 2.17. The fourth-order valence-corrected chi connectivity index (χ4v) is 2.53. The van der Waals surface area contributed by atoms with Crippen molar-refractivity contribution in [2.75, 3.05) is 12.4 Å². The number of hydrogen-bond acceptors (Lipinski definition) is 2. The summed E-state index contributed by atoms with van der Waals surface area (Å²) in [5.74, 6) is 0.928. The van der Waals surface area contributed by atoms with Gasteiger partial charge in [-0.2, -0.15) is 0 Å². The highest BCUT2D eigenvalue weighted by Gasteiger charge is 2.13. The van der Waals surface area contributed by atoms with Crippen molar-refractivity contribution < 1.29 is 4.74 Å². The van der Waals surface area contributed by atoms with E-state index in [0.717, 1.165) is 22.3 Å². The van der Waals surface area contributed by atoms with Crippen molar-refractivity contribution in [2.45, 2.75) is 19.4 Å². The highest BCUT2D eigenvalue weighted by atomic mass is 79.9. The molecule has 0 radical (unpaired) electrons. The van der Waals surface area contributed by atoms with E-state index in [9.17, 15) is 0 Å².